The minimum absolute atomic E-state index is 0.0575. The molecular weight excluding hydrogens is 276 g/mol. The third kappa shape index (κ3) is 4.04. The van der Waals surface area contributed by atoms with E-state index in [4.69, 9.17) is 14.2 Å². The highest BCUT2D eigenvalue weighted by atomic mass is 16.5. The molecule has 0 saturated heterocycles. The lowest BCUT2D eigenvalue weighted by atomic mass is 9.61. The van der Waals surface area contributed by atoms with Gasteiger partial charge in [0.15, 0.2) is 0 Å². The van der Waals surface area contributed by atoms with Crippen LogP contribution in [0.2, 0.25) is 0 Å². The van der Waals surface area contributed by atoms with Crippen LogP contribution >= 0.6 is 0 Å². The minimum atomic E-state index is -0.133. The highest BCUT2D eigenvalue weighted by Gasteiger charge is 2.49. The van der Waals surface area contributed by atoms with Crippen molar-refractivity contribution in [1.29, 1.82) is 0 Å². The van der Waals surface area contributed by atoms with Gasteiger partial charge in [0.1, 0.15) is 0 Å². The molecule has 0 aliphatic heterocycles. The van der Waals surface area contributed by atoms with Crippen LogP contribution in [0, 0.1) is 22.7 Å². The molecule has 0 bridgehead atoms. The first-order chi connectivity index (χ1) is 10.1. The van der Waals surface area contributed by atoms with Crippen molar-refractivity contribution in [3.63, 3.8) is 0 Å². The number of hydrogen-bond donors (Lipinski definition) is 0. The lowest BCUT2D eigenvalue weighted by Gasteiger charge is -2.50. The third-order valence-electron chi connectivity index (χ3n) is 6.46. The molecule has 0 aromatic heterocycles. The quantitative estimate of drug-likeness (QED) is 0.592. The van der Waals surface area contributed by atoms with E-state index in [1.54, 1.807) is 14.2 Å². The largest absolute Gasteiger partial charge is 0.384 e. The van der Waals surface area contributed by atoms with Crippen LogP contribution in [-0.2, 0) is 14.2 Å². The number of methoxy groups -OCH3 is 2. The number of ether oxygens (including phenoxy) is 3. The van der Waals surface area contributed by atoms with Crippen molar-refractivity contribution in [1.82, 2.24) is 0 Å². The van der Waals surface area contributed by atoms with Crippen LogP contribution in [0.3, 0.4) is 0 Å². The Kier molecular flexibility index (Phi) is 6.91. The van der Waals surface area contributed by atoms with E-state index in [1.165, 1.54) is 19.3 Å². The van der Waals surface area contributed by atoms with E-state index in [2.05, 4.69) is 41.5 Å². The Hall–Kier alpha value is -0.120. The van der Waals surface area contributed by atoms with Gasteiger partial charge in [0.2, 0.25) is 0 Å². The second kappa shape index (κ2) is 7.63. The molecule has 1 aliphatic rings. The van der Waals surface area contributed by atoms with Crippen molar-refractivity contribution in [2.75, 3.05) is 34.0 Å². The fraction of sp³-hybridized carbons (Fsp3) is 1.00. The van der Waals surface area contributed by atoms with E-state index >= 15 is 0 Å². The topological polar surface area (TPSA) is 27.7 Å². The van der Waals surface area contributed by atoms with E-state index in [0.717, 1.165) is 0 Å². The molecule has 3 heteroatoms. The number of rotatable bonds is 10. The Bertz CT molecular complexity index is 324. The molecular formula is C19H38O3. The predicted molar refractivity (Wildman–Crippen MR) is 92.2 cm³/mol. The van der Waals surface area contributed by atoms with E-state index in [1.807, 2.05) is 0 Å². The van der Waals surface area contributed by atoms with Gasteiger partial charge in [0.25, 0.3) is 0 Å². The normalized spacial score (nSPS) is 17.9. The van der Waals surface area contributed by atoms with Crippen LogP contribution in [0.1, 0.15) is 60.8 Å². The van der Waals surface area contributed by atoms with Gasteiger partial charge in [-0.2, -0.15) is 0 Å². The zero-order valence-corrected chi connectivity index (χ0v) is 16.1. The smallest absolute Gasteiger partial charge is 0.0654 e. The summed E-state index contributed by atoms with van der Waals surface area (Å²) >= 11 is 0. The summed E-state index contributed by atoms with van der Waals surface area (Å²) in [7, 11) is 3.55. The van der Waals surface area contributed by atoms with Crippen LogP contribution < -0.4 is 0 Å². The predicted octanol–water partition coefficient (Wildman–Crippen LogP) is 4.54. The van der Waals surface area contributed by atoms with Gasteiger partial charge in [-0.3, -0.25) is 0 Å². The van der Waals surface area contributed by atoms with Crippen LogP contribution in [0.5, 0.6) is 0 Å². The first-order valence-corrected chi connectivity index (χ1v) is 8.75. The van der Waals surface area contributed by atoms with Gasteiger partial charge in [0, 0.05) is 19.6 Å². The summed E-state index contributed by atoms with van der Waals surface area (Å²) in [5.74, 6) is 1.21. The average molecular weight is 315 g/mol. The standard InChI is InChI=1S/C19H38O3/c1-15(2)17(3,4)19(12-20-7,13-21-8)14-22-18(5,6)16-10-9-11-16/h15-16H,9-14H2,1-8H3. The summed E-state index contributed by atoms with van der Waals surface area (Å²) < 4.78 is 17.7. The lowest BCUT2D eigenvalue weighted by molar-refractivity contribution is -0.177. The molecule has 0 aromatic rings. The van der Waals surface area contributed by atoms with E-state index in [-0.39, 0.29) is 16.4 Å². The molecule has 1 fully saturated rings. The van der Waals surface area contributed by atoms with Gasteiger partial charge in [0.05, 0.1) is 25.4 Å². The summed E-state index contributed by atoms with van der Waals surface area (Å²) in [4.78, 5) is 0. The van der Waals surface area contributed by atoms with Crippen molar-refractivity contribution >= 4 is 0 Å². The van der Waals surface area contributed by atoms with Crippen molar-refractivity contribution in [3.05, 3.63) is 0 Å². The van der Waals surface area contributed by atoms with Crippen LogP contribution in [0.4, 0.5) is 0 Å². The summed E-state index contributed by atoms with van der Waals surface area (Å²) in [6.45, 7) is 15.7. The molecule has 1 saturated carbocycles. The van der Waals surface area contributed by atoms with E-state index in [9.17, 15) is 0 Å². The molecule has 0 unspecified atom stereocenters. The molecule has 0 N–H and O–H groups in total. The maximum Gasteiger partial charge on any atom is 0.0654 e. The highest BCUT2D eigenvalue weighted by Crippen LogP contribution is 2.47. The molecule has 0 aromatic carbocycles. The van der Waals surface area contributed by atoms with Gasteiger partial charge >= 0.3 is 0 Å². The van der Waals surface area contributed by atoms with E-state index in [0.29, 0.717) is 31.7 Å². The Morgan fingerprint density at radius 2 is 1.41 bits per heavy atom. The average Bonchev–Trinajstić information content (AvgIpc) is 2.33. The van der Waals surface area contributed by atoms with Gasteiger partial charge in [-0.05, 0) is 43.9 Å². The van der Waals surface area contributed by atoms with Crippen molar-refractivity contribution < 1.29 is 14.2 Å². The Labute approximate surface area is 138 Å². The van der Waals surface area contributed by atoms with Gasteiger partial charge in [-0.25, -0.2) is 0 Å². The second-order valence-corrected chi connectivity index (χ2v) is 8.54. The van der Waals surface area contributed by atoms with Crippen molar-refractivity contribution in [3.8, 4) is 0 Å². The number of hydrogen-bond acceptors (Lipinski definition) is 3. The summed E-state index contributed by atoms with van der Waals surface area (Å²) in [5.41, 5.74) is -0.127. The Morgan fingerprint density at radius 1 is 0.909 bits per heavy atom. The van der Waals surface area contributed by atoms with Gasteiger partial charge in [-0.1, -0.05) is 34.1 Å². The van der Waals surface area contributed by atoms with Crippen LogP contribution in [0.15, 0.2) is 0 Å². The molecule has 0 atom stereocenters. The maximum atomic E-state index is 6.48. The van der Waals surface area contributed by atoms with E-state index < -0.39 is 0 Å². The van der Waals surface area contributed by atoms with Gasteiger partial charge in [-0.15, -0.1) is 0 Å². The van der Waals surface area contributed by atoms with Crippen LogP contribution in [0.25, 0.3) is 0 Å². The lowest BCUT2D eigenvalue weighted by Crippen LogP contribution is -2.53. The second-order valence-electron chi connectivity index (χ2n) is 8.54. The molecule has 1 aliphatic carbocycles. The molecule has 0 radical (unpaired) electrons. The molecule has 132 valence electrons. The maximum absolute atomic E-state index is 6.48. The van der Waals surface area contributed by atoms with Crippen LogP contribution in [-0.4, -0.2) is 39.6 Å². The Morgan fingerprint density at radius 3 is 1.73 bits per heavy atom. The third-order valence-corrected chi connectivity index (χ3v) is 6.46. The molecule has 0 amide bonds. The zero-order chi connectivity index (χ0) is 17.0. The summed E-state index contributed by atoms with van der Waals surface area (Å²) in [6, 6.07) is 0. The molecule has 0 spiro atoms. The molecule has 1 rings (SSSR count). The zero-order valence-electron chi connectivity index (χ0n) is 16.1. The molecule has 3 nitrogen and oxygen atoms in total. The molecule has 22 heavy (non-hydrogen) atoms. The minimum Gasteiger partial charge on any atom is -0.384 e. The van der Waals surface area contributed by atoms with Crippen molar-refractivity contribution in [2.45, 2.75) is 66.4 Å². The monoisotopic (exact) mass is 314 g/mol. The van der Waals surface area contributed by atoms with Gasteiger partial charge < -0.3 is 14.2 Å². The Balaban J connectivity index is 2.93. The highest BCUT2D eigenvalue weighted by molar-refractivity contribution is 4.96. The summed E-state index contributed by atoms with van der Waals surface area (Å²) in [6.07, 6.45) is 3.93. The van der Waals surface area contributed by atoms with Crippen molar-refractivity contribution in [2.24, 2.45) is 22.7 Å². The first kappa shape index (κ1) is 19.9. The SMILES string of the molecule is COCC(COC)(COC(C)(C)C1CCC1)C(C)(C)C(C)C. The summed E-state index contributed by atoms with van der Waals surface area (Å²) in [5, 5.41) is 0. The first-order valence-electron chi connectivity index (χ1n) is 8.75. The molecule has 0 heterocycles. The fourth-order valence-electron chi connectivity index (χ4n) is 3.39. The fourth-order valence-corrected chi connectivity index (χ4v) is 3.39.